The number of thiazole rings is 2. The van der Waals surface area contributed by atoms with Crippen molar-refractivity contribution in [2.75, 3.05) is 50.7 Å². The van der Waals surface area contributed by atoms with Gasteiger partial charge in [0.15, 0.2) is 10.3 Å². The average Bonchev–Trinajstić information content (AvgIpc) is 3.08. The molecule has 2 aromatic rings. The van der Waals surface area contributed by atoms with Gasteiger partial charge in [-0.25, -0.2) is 9.97 Å². The highest BCUT2D eigenvalue weighted by Crippen LogP contribution is 2.24. The first-order valence-electron chi connectivity index (χ1n) is 9.73. The summed E-state index contributed by atoms with van der Waals surface area (Å²) in [6.07, 6.45) is 8.13. The summed E-state index contributed by atoms with van der Waals surface area (Å²) >= 11 is 3.28. The molecule has 2 aliphatic rings. The summed E-state index contributed by atoms with van der Waals surface area (Å²) in [7, 11) is 0. The fourth-order valence-electron chi connectivity index (χ4n) is 3.59. The zero-order valence-corrected chi connectivity index (χ0v) is 20.5. The lowest BCUT2D eigenvalue weighted by atomic mass is 10.2. The highest BCUT2D eigenvalue weighted by atomic mass is 35.5. The minimum Gasteiger partial charge on any atom is -0.375 e. The minimum atomic E-state index is 0. The Hall–Kier alpha value is -1.16. The Balaban J connectivity index is 0.000000281. The van der Waals surface area contributed by atoms with Gasteiger partial charge in [-0.05, 0) is 12.8 Å². The van der Waals surface area contributed by atoms with E-state index in [2.05, 4.69) is 32.9 Å². The quantitative estimate of drug-likeness (QED) is 0.638. The molecule has 4 rings (SSSR count). The van der Waals surface area contributed by atoms with Crippen LogP contribution in [0, 0.1) is 0 Å². The third-order valence-corrected chi connectivity index (χ3v) is 6.98. The van der Waals surface area contributed by atoms with Gasteiger partial charge in [0.2, 0.25) is 0 Å². The van der Waals surface area contributed by atoms with Crippen LogP contribution in [0.1, 0.15) is 21.1 Å². The second-order valence-corrected chi connectivity index (χ2v) is 9.25. The van der Waals surface area contributed by atoms with Crippen LogP contribution in [0.2, 0.25) is 0 Å². The fraction of sp³-hybridized carbons (Fsp3) is 0.500. The first kappa shape index (κ1) is 26.9. The molecule has 0 amide bonds. The zero-order chi connectivity index (χ0) is 19.9. The molecule has 0 saturated carbocycles. The van der Waals surface area contributed by atoms with Gasteiger partial charge in [-0.15, -0.1) is 60.6 Å². The van der Waals surface area contributed by atoms with Gasteiger partial charge in [0.25, 0.3) is 0 Å². The number of anilines is 2. The van der Waals surface area contributed by atoms with E-state index in [4.69, 9.17) is 11.5 Å². The van der Waals surface area contributed by atoms with Crippen molar-refractivity contribution >= 4 is 57.8 Å². The molecular formula is C20H32Cl2N6S2. The Morgan fingerprint density at radius 1 is 0.733 bits per heavy atom. The van der Waals surface area contributed by atoms with E-state index in [-0.39, 0.29) is 24.8 Å². The van der Waals surface area contributed by atoms with Gasteiger partial charge < -0.3 is 11.5 Å². The molecule has 2 aliphatic heterocycles. The zero-order valence-electron chi connectivity index (χ0n) is 17.2. The molecule has 2 aromatic heterocycles. The van der Waals surface area contributed by atoms with Crippen LogP contribution in [0.4, 0.5) is 10.3 Å². The Morgan fingerprint density at radius 2 is 1.10 bits per heavy atom. The van der Waals surface area contributed by atoms with E-state index in [1.807, 2.05) is 12.2 Å². The van der Waals surface area contributed by atoms with Gasteiger partial charge in [0, 0.05) is 61.9 Å². The van der Waals surface area contributed by atoms with Crippen LogP contribution in [0.3, 0.4) is 0 Å². The molecule has 0 fully saturated rings. The number of hydrogen-bond donors (Lipinski definition) is 2. The number of aromatic nitrogens is 2. The van der Waals surface area contributed by atoms with E-state index in [0.717, 1.165) is 65.0 Å². The van der Waals surface area contributed by atoms with Crippen molar-refractivity contribution in [1.29, 1.82) is 0 Å². The van der Waals surface area contributed by atoms with Crippen LogP contribution in [0.5, 0.6) is 0 Å². The molecule has 0 saturated heterocycles. The highest BCUT2D eigenvalue weighted by Gasteiger charge is 2.17. The summed E-state index contributed by atoms with van der Waals surface area (Å²) in [6.45, 7) is 13.8. The molecule has 0 aliphatic carbocycles. The lowest BCUT2D eigenvalue weighted by molar-refractivity contribution is 0.318. The molecule has 4 N–H and O–H groups in total. The summed E-state index contributed by atoms with van der Waals surface area (Å²) in [5, 5.41) is 1.43. The molecule has 6 nitrogen and oxygen atoms in total. The smallest absolute Gasteiger partial charge is 0.180 e. The van der Waals surface area contributed by atoms with Gasteiger partial charge >= 0.3 is 0 Å². The number of nitrogen functional groups attached to an aromatic ring is 2. The van der Waals surface area contributed by atoms with Crippen molar-refractivity contribution < 1.29 is 0 Å². The predicted octanol–water partition coefficient (Wildman–Crippen LogP) is 3.47. The number of rotatable bonds is 4. The molecule has 0 unspecified atom stereocenters. The van der Waals surface area contributed by atoms with Crippen LogP contribution >= 0.6 is 47.5 Å². The van der Waals surface area contributed by atoms with Crippen molar-refractivity contribution in [3.8, 4) is 0 Å². The summed E-state index contributed by atoms with van der Waals surface area (Å²) in [6, 6.07) is 0. The van der Waals surface area contributed by atoms with Crippen LogP contribution in [-0.4, -0.2) is 59.0 Å². The molecule has 0 spiro atoms. The number of hydrogen-bond acceptors (Lipinski definition) is 8. The van der Waals surface area contributed by atoms with E-state index in [1.165, 1.54) is 21.1 Å². The maximum absolute atomic E-state index is 5.68. The topological polar surface area (TPSA) is 84.3 Å². The molecule has 0 radical (unpaired) electrons. The van der Waals surface area contributed by atoms with Crippen molar-refractivity contribution in [3.05, 3.63) is 46.5 Å². The predicted molar refractivity (Wildman–Crippen MR) is 136 cm³/mol. The van der Waals surface area contributed by atoms with E-state index >= 15 is 0 Å². The maximum atomic E-state index is 5.68. The van der Waals surface area contributed by atoms with Gasteiger partial charge in [-0.2, -0.15) is 0 Å². The first-order chi connectivity index (χ1) is 13.6. The van der Waals surface area contributed by atoms with Crippen molar-refractivity contribution in [1.82, 2.24) is 19.8 Å². The Morgan fingerprint density at radius 3 is 1.47 bits per heavy atom. The summed E-state index contributed by atoms with van der Waals surface area (Å²) in [5.41, 5.74) is 13.8. The van der Waals surface area contributed by atoms with Crippen molar-refractivity contribution in [3.63, 3.8) is 0 Å². The van der Waals surface area contributed by atoms with Gasteiger partial charge in [0.1, 0.15) is 0 Å². The average molecular weight is 492 g/mol. The molecule has 0 atom stereocenters. The molecule has 30 heavy (non-hydrogen) atoms. The van der Waals surface area contributed by atoms with E-state index < -0.39 is 0 Å². The number of nitrogens with zero attached hydrogens (tertiary/aromatic N) is 4. The van der Waals surface area contributed by atoms with E-state index in [0.29, 0.717) is 10.3 Å². The Kier molecular flexibility index (Phi) is 11.9. The van der Waals surface area contributed by atoms with Crippen molar-refractivity contribution in [2.24, 2.45) is 0 Å². The minimum absolute atomic E-state index is 0. The van der Waals surface area contributed by atoms with Crippen LogP contribution < -0.4 is 11.5 Å². The molecule has 0 aromatic carbocycles. The molecule has 0 bridgehead atoms. The lowest BCUT2D eigenvalue weighted by Crippen LogP contribution is -2.26. The van der Waals surface area contributed by atoms with Gasteiger partial charge in [-0.1, -0.05) is 12.2 Å². The summed E-state index contributed by atoms with van der Waals surface area (Å²) in [5.74, 6) is 0. The maximum Gasteiger partial charge on any atom is 0.180 e. The number of halogens is 2. The van der Waals surface area contributed by atoms with Crippen LogP contribution in [0.15, 0.2) is 25.3 Å². The van der Waals surface area contributed by atoms with Gasteiger partial charge in [-0.3, -0.25) is 9.80 Å². The lowest BCUT2D eigenvalue weighted by Gasteiger charge is -2.16. The Labute approximate surface area is 199 Å². The van der Waals surface area contributed by atoms with Gasteiger partial charge in [0.05, 0.1) is 11.4 Å². The SMILES string of the molecule is C=CCN1CCc2nc(N)sc2CC1.C=CCN1CCc2nc(N)sc2CC1.Cl.Cl. The summed E-state index contributed by atoms with van der Waals surface area (Å²) < 4.78 is 0. The Bertz CT molecular complexity index is 690. The first-order valence-corrected chi connectivity index (χ1v) is 11.4. The third-order valence-electron chi connectivity index (χ3n) is 5.00. The standard InChI is InChI=1S/2C10H15N3S.2ClH/c2*1-2-5-13-6-3-8-9(4-7-13)14-10(11)12-8;;/h2*2H,1,3-7H2,(H2,11,12);2*1H. The second kappa shape index (κ2) is 13.3. The fourth-order valence-corrected chi connectivity index (χ4v) is 5.32. The molecule has 10 heteroatoms. The second-order valence-electron chi connectivity index (χ2n) is 7.02. The number of nitrogens with two attached hydrogens (primary N) is 2. The number of fused-ring (bicyclic) bond motifs is 2. The largest absolute Gasteiger partial charge is 0.375 e. The van der Waals surface area contributed by atoms with E-state index in [1.54, 1.807) is 22.7 Å². The summed E-state index contributed by atoms with van der Waals surface area (Å²) in [4.78, 5) is 16.2. The molecule has 4 heterocycles. The molecule has 168 valence electrons. The monoisotopic (exact) mass is 490 g/mol. The normalized spacial score (nSPS) is 16.3. The highest BCUT2D eigenvalue weighted by molar-refractivity contribution is 7.15. The van der Waals surface area contributed by atoms with E-state index in [9.17, 15) is 0 Å². The third kappa shape index (κ3) is 7.51. The van der Waals surface area contributed by atoms with Crippen LogP contribution in [-0.2, 0) is 25.7 Å². The van der Waals surface area contributed by atoms with Crippen molar-refractivity contribution in [2.45, 2.75) is 25.7 Å². The van der Waals surface area contributed by atoms with Crippen LogP contribution in [0.25, 0.3) is 0 Å². The molecular weight excluding hydrogens is 459 g/mol.